The van der Waals surface area contributed by atoms with Crippen LogP contribution in [0, 0.1) is 0 Å². The van der Waals surface area contributed by atoms with E-state index in [0.717, 1.165) is 31.4 Å². The van der Waals surface area contributed by atoms with Crippen LogP contribution in [-0.2, 0) is 15.7 Å². The predicted octanol–water partition coefficient (Wildman–Crippen LogP) is 2.01. The third kappa shape index (κ3) is 4.13. The summed E-state index contributed by atoms with van der Waals surface area (Å²) in [7, 11) is 1.11. The molecule has 1 aromatic rings. The molecule has 4 nitrogen and oxygen atoms in total. The predicted molar refractivity (Wildman–Crippen MR) is 59.6 cm³/mol. The van der Waals surface area contributed by atoms with E-state index in [0.29, 0.717) is 0 Å². The van der Waals surface area contributed by atoms with Gasteiger partial charge in [0.25, 0.3) is 0 Å². The molecule has 7 heteroatoms. The first kappa shape index (κ1) is 15.3. The van der Waals surface area contributed by atoms with Crippen LogP contribution in [0.1, 0.15) is 12.5 Å². The van der Waals surface area contributed by atoms with Crippen molar-refractivity contribution in [2.24, 2.45) is 0 Å². The lowest BCUT2D eigenvalue weighted by atomic mass is 10.1. The molecule has 0 aliphatic carbocycles. The van der Waals surface area contributed by atoms with Gasteiger partial charge in [-0.2, -0.15) is 13.2 Å². The third-order valence-electron chi connectivity index (χ3n) is 2.33. The highest BCUT2D eigenvalue weighted by Gasteiger charge is 2.33. The molecule has 0 saturated heterocycles. The summed E-state index contributed by atoms with van der Waals surface area (Å²) in [4.78, 5) is 11.1. The second-order valence-corrected chi connectivity index (χ2v) is 4.08. The number of ether oxygens (including phenoxy) is 2. The topological polar surface area (TPSA) is 55.8 Å². The van der Waals surface area contributed by atoms with E-state index in [2.05, 4.69) is 4.74 Å². The molecule has 19 heavy (non-hydrogen) atoms. The van der Waals surface area contributed by atoms with Gasteiger partial charge < -0.3 is 14.6 Å². The summed E-state index contributed by atoms with van der Waals surface area (Å²) in [5.41, 5.74) is -2.67. The van der Waals surface area contributed by atoms with Crippen molar-refractivity contribution in [3.8, 4) is 5.75 Å². The number of halogens is 3. The SMILES string of the molecule is COC(=O)C(C)(O)COc1ccc(C(F)(F)F)cc1. The summed E-state index contributed by atoms with van der Waals surface area (Å²) in [6.07, 6.45) is -4.42. The number of methoxy groups -OCH3 is 1. The minimum Gasteiger partial charge on any atom is -0.490 e. The van der Waals surface area contributed by atoms with Gasteiger partial charge in [0.15, 0.2) is 5.60 Å². The van der Waals surface area contributed by atoms with Crippen LogP contribution in [0.5, 0.6) is 5.75 Å². The maximum absolute atomic E-state index is 12.3. The van der Waals surface area contributed by atoms with E-state index in [4.69, 9.17) is 4.74 Å². The Hall–Kier alpha value is -1.76. The summed E-state index contributed by atoms with van der Waals surface area (Å²) in [6, 6.07) is 3.91. The molecule has 0 saturated carbocycles. The standard InChI is InChI=1S/C12H13F3O4/c1-11(17,10(16)18-2)7-19-9-5-3-8(4-6-9)12(13,14)15/h3-6,17H,7H2,1-2H3. The van der Waals surface area contributed by atoms with Gasteiger partial charge in [-0.05, 0) is 31.2 Å². The van der Waals surface area contributed by atoms with Gasteiger partial charge in [-0.25, -0.2) is 4.79 Å². The molecule has 1 atom stereocenters. The zero-order valence-electron chi connectivity index (χ0n) is 10.3. The highest BCUT2D eigenvalue weighted by Crippen LogP contribution is 2.30. The van der Waals surface area contributed by atoms with E-state index < -0.39 is 29.9 Å². The number of carbonyl (C=O) groups is 1. The highest BCUT2D eigenvalue weighted by molar-refractivity contribution is 5.78. The number of rotatable bonds is 4. The van der Waals surface area contributed by atoms with E-state index in [1.54, 1.807) is 0 Å². The highest BCUT2D eigenvalue weighted by atomic mass is 19.4. The molecule has 0 aliphatic rings. The second-order valence-electron chi connectivity index (χ2n) is 4.08. The zero-order valence-corrected chi connectivity index (χ0v) is 10.3. The lowest BCUT2D eigenvalue weighted by Gasteiger charge is -2.20. The fourth-order valence-electron chi connectivity index (χ4n) is 1.24. The van der Waals surface area contributed by atoms with Gasteiger partial charge in [0.05, 0.1) is 12.7 Å². The molecule has 0 bridgehead atoms. The first-order valence-electron chi connectivity index (χ1n) is 5.27. The second kappa shape index (κ2) is 5.48. The van der Waals surface area contributed by atoms with Crippen molar-refractivity contribution in [2.45, 2.75) is 18.7 Å². The molecule has 1 rings (SSSR count). The van der Waals surface area contributed by atoms with Gasteiger partial charge in [0.1, 0.15) is 12.4 Å². The van der Waals surface area contributed by atoms with Crippen molar-refractivity contribution in [3.63, 3.8) is 0 Å². The minimum absolute atomic E-state index is 0.108. The fourth-order valence-corrected chi connectivity index (χ4v) is 1.24. The molecule has 0 aromatic heterocycles. The quantitative estimate of drug-likeness (QED) is 0.856. The number of benzene rings is 1. The largest absolute Gasteiger partial charge is 0.490 e. The Morgan fingerprint density at radius 3 is 2.21 bits per heavy atom. The van der Waals surface area contributed by atoms with Crippen molar-refractivity contribution in [1.82, 2.24) is 0 Å². The molecular formula is C12H13F3O4. The number of carbonyl (C=O) groups excluding carboxylic acids is 1. The average Bonchev–Trinajstić information content (AvgIpc) is 2.35. The van der Waals surface area contributed by atoms with E-state index in [1.165, 1.54) is 6.92 Å². The smallest absolute Gasteiger partial charge is 0.416 e. The first-order chi connectivity index (χ1) is 8.66. The van der Waals surface area contributed by atoms with Crippen LogP contribution in [0.25, 0.3) is 0 Å². The van der Waals surface area contributed by atoms with Gasteiger partial charge >= 0.3 is 12.1 Å². The summed E-state index contributed by atoms with van der Waals surface area (Å²) in [5, 5.41) is 9.65. The van der Waals surface area contributed by atoms with Crippen molar-refractivity contribution >= 4 is 5.97 Å². The Kier molecular flexibility index (Phi) is 4.41. The minimum atomic E-state index is -4.42. The molecule has 0 radical (unpaired) electrons. The van der Waals surface area contributed by atoms with Crippen molar-refractivity contribution < 1.29 is 32.5 Å². The van der Waals surface area contributed by atoms with Gasteiger partial charge in [-0.15, -0.1) is 0 Å². The molecular weight excluding hydrogens is 265 g/mol. The van der Waals surface area contributed by atoms with E-state index in [-0.39, 0.29) is 5.75 Å². The summed E-state index contributed by atoms with van der Waals surface area (Å²) >= 11 is 0. The van der Waals surface area contributed by atoms with Crippen LogP contribution in [0.3, 0.4) is 0 Å². The van der Waals surface area contributed by atoms with Crippen LogP contribution >= 0.6 is 0 Å². The molecule has 0 heterocycles. The Morgan fingerprint density at radius 1 is 1.26 bits per heavy atom. The number of alkyl halides is 3. The summed E-state index contributed by atoms with van der Waals surface area (Å²) in [6.45, 7) is 0.758. The van der Waals surface area contributed by atoms with Gasteiger partial charge in [-0.3, -0.25) is 0 Å². The Bertz CT molecular complexity index is 437. The number of hydrogen-bond acceptors (Lipinski definition) is 4. The first-order valence-corrected chi connectivity index (χ1v) is 5.27. The molecule has 1 unspecified atom stereocenters. The fraction of sp³-hybridized carbons (Fsp3) is 0.417. The molecule has 0 aliphatic heterocycles. The van der Waals surface area contributed by atoms with Gasteiger partial charge in [0.2, 0.25) is 0 Å². The van der Waals surface area contributed by atoms with Crippen molar-refractivity contribution in [2.75, 3.05) is 13.7 Å². The zero-order chi connectivity index (χ0) is 14.7. The monoisotopic (exact) mass is 278 g/mol. The van der Waals surface area contributed by atoms with Crippen LogP contribution in [0.15, 0.2) is 24.3 Å². The van der Waals surface area contributed by atoms with E-state index in [9.17, 15) is 23.1 Å². The lowest BCUT2D eigenvalue weighted by molar-refractivity contribution is -0.163. The molecule has 1 N–H and O–H groups in total. The molecule has 0 spiro atoms. The summed E-state index contributed by atoms with van der Waals surface area (Å²) in [5.74, 6) is -0.781. The lowest BCUT2D eigenvalue weighted by Crippen LogP contribution is -2.42. The van der Waals surface area contributed by atoms with Crippen LogP contribution < -0.4 is 4.74 Å². The van der Waals surface area contributed by atoms with Crippen molar-refractivity contribution in [1.29, 1.82) is 0 Å². The average molecular weight is 278 g/mol. The van der Waals surface area contributed by atoms with Crippen molar-refractivity contribution in [3.05, 3.63) is 29.8 Å². The molecule has 0 fully saturated rings. The number of esters is 1. The Labute approximate surface area is 107 Å². The van der Waals surface area contributed by atoms with E-state index in [1.807, 2.05) is 0 Å². The van der Waals surface area contributed by atoms with E-state index >= 15 is 0 Å². The molecule has 106 valence electrons. The molecule has 0 amide bonds. The van der Waals surface area contributed by atoms with Crippen LogP contribution in [-0.4, -0.2) is 30.4 Å². The number of hydrogen-bond donors (Lipinski definition) is 1. The normalized spacial score (nSPS) is 14.6. The van der Waals surface area contributed by atoms with Crippen LogP contribution in [0.2, 0.25) is 0 Å². The van der Waals surface area contributed by atoms with Gasteiger partial charge in [-0.1, -0.05) is 0 Å². The Morgan fingerprint density at radius 2 is 1.79 bits per heavy atom. The third-order valence-corrected chi connectivity index (χ3v) is 2.33. The van der Waals surface area contributed by atoms with Gasteiger partial charge in [0, 0.05) is 0 Å². The summed E-state index contributed by atoms with van der Waals surface area (Å²) < 4.78 is 46.3. The van der Waals surface area contributed by atoms with Crippen LogP contribution in [0.4, 0.5) is 13.2 Å². The number of aliphatic hydroxyl groups is 1. The Balaban J connectivity index is 2.67. The maximum Gasteiger partial charge on any atom is 0.416 e. The maximum atomic E-state index is 12.3. The molecule has 1 aromatic carbocycles.